The largest absolute Gasteiger partial charge is 0.492 e. The van der Waals surface area contributed by atoms with Gasteiger partial charge in [-0.05, 0) is 24.3 Å². The van der Waals surface area contributed by atoms with Crippen molar-refractivity contribution in [1.29, 1.82) is 0 Å². The molecule has 0 fully saturated rings. The van der Waals surface area contributed by atoms with Crippen molar-refractivity contribution in [3.8, 4) is 11.6 Å². The van der Waals surface area contributed by atoms with Crippen LogP contribution < -0.4 is 5.56 Å². The summed E-state index contributed by atoms with van der Waals surface area (Å²) in [5, 5.41) is 19.0. The molecule has 0 saturated heterocycles. The molecule has 3 N–H and O–H groups in total. The maximum absolute atomic E-state index is 11.5. The average Bonchev–Trinajstić information content (AvgIpc) is 2.66. The van der Waals surface area contributed by atoms with Gasteiger partial charge in [-0.2, -0.15) is 13.5 Å². The predicted octanol–water partition coefficient (Wildman–Crippen LogP) is 0.831. The normalized spacial score (nSPS) is 12.1. The fourth-order valence-electron chi connectivity index (χ4n) is 1.56. The number of benzene rings is 1. The molecule has 1 aromatic heterocycles. The van der Waals surface area contributed by atoms with Crippen molar-refractivity contribution in [2.24, 2.45) is 10.2 Å². The van der Waals surface area contributed by atoms with E-state index in [9.17, 15) is 18.3 Å². The number of hydrogen-bond donors (Lipinski definition) is 3. The highest BCUT2D eigenvalue weighted by atomic mass is 32.2. The molecule has 1 heterocycles. The average molecular weight is 298 g/mol. The molecular weight excluding hydrogens is 288 g/mol. The van der Waals surface area contributed by atoms with Gasteiger partial charge in [0, 0.05) is 7.05 Å². The highest BCUT2D eigenvalue weighted by molar-refractivity contribution is 7.85. The van der Waals surface area contributed by atoms with Gasteiger partial charge in [-0.3, -0.25) is 14.4 Å². The lowest BCUT2D eigenvalue weighted by atomic mass is 10.3. The lowest BCUT2D eigenvalue weighted by Crippen LogP contribution is -2.04. The first-order valence-electron chi connectivity index (χ1n) is 5.26. The molecule has 0 aliphatic carbocycles. The summed E-state index contributed by atoms with van der Waals surface area (Å²) in [6.07, 6.45) is 0. The van der Waals surface area contributed by atoms with Gasteiger partial charge in [0.25, 0.3) is 15.7 Å². The molecule has 0 unspecified atom stereocenters. The number of H-pyrrole nitrogens is 1. The number of nitrogens with one attached hydrogen (secondary N) is 1. The topological polar surface area (TPSA) is 137 Å². The molecule has 106 valence electrons. The Morgan fingerprint density at radius 2 is 1.85 bits per heavy atom. The Morgan fingerprint density at radius 3 is 2.35 bits per heavy atom. The molecule has 0 aliphatic heterocycles. The molecule has 0 bridgehead atoms. The van der Waals surface area contributed by atoms with Gasteiger partial charge in [-0.25, -0.2) is 4.68 Å². The molecule has 2 rings (SSSR count). The second-order valence-electron chi connectivity index (χ2n) is 3.72. The summed E-state index contributed by atoms with van der Waals surface area (Å²) >= 11 is 0. The van der Waals surface area contributed by atoms with Crippen molar-refractivity contribution in [1.82, 2.24) is 9.78 Å². The third-order valence-electron chi connectivity index (χ3n) is 2.44. The van der Waals surface area contributed by atoms with E-state index in [-0.39, 0.29) is 16.3 Å². The van der Waals surface area contributed by atoms with Gasteiger partial charge in [0.1, 0.15) is 0 Å². The first kappa shape index (κ1) is 14.0. The van der Waals surface area contributed by atoms with Crippen LogP contribution in [0.3, 0.4) is 0 Å². The van der Waals surface area contributed by atoms with Crippen LogP contribution in [0.2, 0.25) is 0 Å². The van der Waals surface area contributed by atoms with Crippen LogP contribution >= 0.6 is 0 Å². The lowest BCUT2D eigenvalue weighted by molar-refractivity contribution is 0.434. The van der Waals surface area contributed by atoms with Crippen LogP contribution in [0.1, 0.15) is 0 Å². The van der Waals surface area contributed by atoms with Gasteiger partial charge in [0.15, 0.2) is 0 Å². The third-order valence-corrected chi connectivity index (χ3v) is 3.31. The number of aromatic nitrogens is 2. The molecule has 10 heteroatoms. The van der Waals surface area contributed by atoms with Crippen molar-refractivity contribution in [3.05, 3.63) is 34.6 Å². The van der Waals surface area contributed by atoms with Crippen LogP contribution in [0.5, 0.6) is 5.88 Å². The number of aromatic hydroxyl groups is 1. The Bertz CT molecular complexity index is 816. The second kappa shape index (κ2) is 4.90. The standard InChI is InChI=1S/C10H10N4O5S/c1-11-12-8-9(15)13-14(10(8)16)6-2-4-7(5-3-6)20(17,18)19/h2-5,16H,1H3,(H,13,15)(H,17,18,19). The van der Waals surface area contributed by atoms with Crippen molar-refractivity contribution in [2.45, 2.75) is 4.90 Å². The van der Waals surface area contributed by atoms with Gasteiger partial charge in [-0.1, -0.05) is 0 Å². The second-order valence-corrected chi connectivity index (χ2v) is 5.14. The molecule has 9 nitrogen and oxygen atoms in total. The van der Waals surface area contributed by atoms with Crippen LogP contribution in [0.4, 0.5) is 5.69 Å². The smallest absolute Gasteiger partial charge is 0.296 e. The fourth-order valence-corrected chi connectivity index (χ4v) is 2.04. The predicted molar refractivity (Wildman–Crippen MR) is 68.3 cm³/mol. The summed E-state index contributed by atoms with van der Waals surface area (Å²) in [6, 6.07) is 4.85. The molecule has 2 aromatic rings. The Hall–Kier alpha value is -2.46. The van der Waals surface area contributed by atoms with Crippen molar-refractivity contribution < 1.29 is 18.1 Å². The van der Waals surface area contributed by atoms with E-state index in [2.05, 4.69) is 15.3 Å². The summed E-state index contributed by atoms with van der Waals surface area (Å²) in [6.45, 7) is 0. The summed E-state index contributed by atoms with van der Waals surface area (Å²) in [7, 11) is -2.96. The molecule has 0 radical (unpaired) electrons. The van der Waals surface area contributed by atoms with Gasteiger partial charge in [-0.15, -0.1) is 5.11 Å². The molecule has 0 saturated carbocycles. The number of nitrogens with zero attached hydrogens (tertiary/aromatic N) is 3. The molecule has 20 heavy (non-hydrogen) atoms. The van der Waals surface area contributed by atoms with E-state index in [1.165, 1.54) is 19.2 Å². The fraction of sp³-hybridized carbons (Fsp3) is 0.100. The molecule has 0 aliphatic rings. The van der Waals surface area contributed by atoms with E-state index in [1.807, 2.05) is 0 Å². The molecular formula is C10H10N4O5S. The van der Waals surface area contributed by atoms with E-state index in [0.29, 0.717) is 0 Å². The van der Waals surface area contributed by atoms with Gasteiger partial charge in [0.2, 0.25) is 11.6 Å². The number of rotatable bonds is 3. The van der Waals surface area contributed by atoms with E-state index in [0.717, 1.165) is 16.8 Å². The summed E-state index contributed by atoms with van der Waals surface area (Å²) in [4.78, 5) is 11.2. The van der Waals surface area contributed by atoms with Gasteiger partial charge < -0.3 is 5.11 Å². The zero-order valence-corrected chi connectivity index (χ0v) is 11.0. The quantitative estimate of drug-likeness (QED) is 0.569. The number of aromatic amines is 1. The first-order chi connectivity index (χ1) is 9.34. The van der Waals surface area contributed by atoms with Crippen LogP contribution in [-0.2, 0) is 10.1 Å². The van der Waals surface area contributed by atoms with Crippen molar-refractivity contribution >= 4 is 15.8 Å². The molecule has 0 spiro atoms. The zero-order chi connectivity index (χ0) is 14.9. The SMILES string of the molecule is CN=Nc1c(O)n(-c2ccc(S(=O)(=O)O)cc2)[nH]c1=O. The summed E-state index contributed by atoms with van der Waals surface area (Å²) in [5.41, 5.74) is -0.622. The number of azo groups is 1. The summed E-state index contributed by atoms with van der Waals surface area (Å²) in [5.74, 6) is -0.458. The zero-order valence-electron chi connectivity index (χ0n) is 10.2. The minimum Gasteiger partial charge on any atom is -0.492 e. The monoisotopic (exact) mass is 298 g/mol. The maximum atomic E-state index is 11.5. The van der Waals surface area contributed by atoms with Crippen LogP contribution in [0.25, 0.3) is 5.69 Å². The maximum Gasteiger partial charge on any atom is 0.296 e. The Kier molecular flexibility index (Phi) is 3.42. The van der Waals surface area contributed by atoms with E-state index in [4.69, 9.17) is 4.55 Å². The number of hydrogen-bond acceptors (Lipinski definition) is 6. The Morgan fingerprint density at radius 1 is 1.25 bits per heavy atom. The lowest BCUT2D eigenvalue weighted by Gasteiger charge is -2.04. The van der Waals surface area contributed by atoms with Crippen LogP contribution in [-0.4, -0.2) is 34.9 Å². The Labute approximate surface area is 112 Å². The molecule has 1 aromatic carbocycles. The van der Waals surface area contributed by atoms with Crippen molar-refractivity contribution in [3.63, 3.8) is 0 Å². The Balaban J connectivity index is 2.53. The van der Waals surface area contributed by atoms with Gasteiger partial charge in [0.05, 0.1) is 10.6 Å². The minimum atomic E-state index is -4.30. The molecule has 0 atom stereocenters. The highest BCUT2D eigenvalue weighted by Crippen LogP contribution is 2.25. The van der Waals surface area contributed by atoms with Crippen LogP contribution in [0, 0.1) is 0 Å². The molecule has 0 amide bonds. The highest BCUT2D eigenvalue weighted by Gasteiger charge is 2.15. The minimum absolute atomic E-state index is 0.258. The summed E-state index contributed by atoms with van der Waals surface area (Å²) < 4.78 is 31.7. The van der Waals surface area contributed by atoms with Crippen LogP contribution in [0.15, 0.2) is 44.2 Å². The van der Waals surface area contributed by atoms with E-state index < -0.39 is 21.6 Å². The van der Waals surface area contributed by atoms with E-state index in [1.54, 1.807) is 0 Å². The van der Waals surface area contributed by atoms with Gasteiger partial charge >= 0.3 is 0 Å². The third kappa shape index (κ3) is 2.46. The van der Waals surface area contributed by atoms with E-state index >= 15 is 0 Å². The van der Waals surface area contributed by atoms with Crippen molar-refractivity contribution in [2.75, 3.05) is 7.05 Å². The first-order valence-corrected chi connectivity index (χ1v) is 6.70.